The number of anilines is 1. The summed E-state index contributed by atoms with van der Waals surface area (Å²) in [6.07, 6.45) is -10.6. The van der Waals surface area contributed by atoms with Crippen LogP contribution in [0.5, 0.6) is 11.5 Å². The highest BCUT2D eigenvalue weighted by molar-refractivity contribution is 14.1. The molecule has 5 nitrogen and oxygen atoms in total. The number of benzene rings is 3. The first-order valence-corrected chi connectivity index (χ1v) is 18.7. The molecule has 0 radical (unpaired) electrons. The van der Waals surface area contributed by atoms with Crippen LogP contribution in [0.1, 0.15) is 36.5 Å². The van der Waals surface area contributed by atoms with Crippen molar-refractivity contribution in [3.63, 3.8) is 0 Å². The smallest absolute Gasteiger partial charge is 0.460 e. The predicted molar refractivity (Wildman–Crippen MR) is 185 cm³/mol. The van der Waals surface area contributed by atoms with E-state index < -0.39 is 69.1 Å². The molecule has 0 fully saturated rings. The molecular weight excluding hydrogens is 904 g/mol. The third kappa shape index (κ3) is 7.45. The van der Waals surface area contributed by atoms with Gasteiger partial charge in [-0.05, 0) is 66.9 Å². The third-order valence-electron chi connectivity index (χ3n) is 9.21. The van der Waals surface area contributed by atoms with Gasteiger partial charge in [-0.15, -0.1) is 0 Å². The summed E-state index contributed by atoms with van der Waals surface area (Å²) in [6.45, 7) is 1.08. The first-order chi connectivity index (χ1) is 25.1. The van der Waals surface area contributed by atoms with Crippen LogP contribution in [0.25, 0.3) is 5.57 Å². The maximum Gasteiger partial charge on any atom is 0.460 e. The first-order valence-electron chi connectivity index (χ1n) is 15.8. The van der Waals surface area contributed by atoms with Gasteiger partial charge in [-0.1, -0.05) is 64.9 Å². The van der Waals surface area contributed by atoms with Gasteiger partial charge in [0, 0.05) is 28.4 Å². The minimum atomic E-state index is -8.10. The van der Waals surface area contributed by atoms with Gasteiger partial charge in [-0.2, -0.15) is 57.1 Å². The molecule has 1 unspecified atom stereocenters. The van der Waals surface area contributed by atoms with Crippen LogP contribution in [0.15, 0.2) is 77.2 Å². The fourth-order valence-corrected chi connectivity index (χ4v) is 8.39. The van der Waals surface area contributed by atoms with Crippen LogP contribution >= 0.6 is 22.6 Å². The topological polar surface area (TPSA) is 55.8 Å². The largest absolute Gasteiger partial charge is 0.497 e. The third-order valence-corrected chi connectivity index (χ3v) is 11.5. The Labute approximate surface area is 320 Å². The second-order valence-corrected chi connectivity index (χ2v) is 15.9. The van der Waals surface area contributed by atoms with Gasteiger partial charge < -0.3 is 9.47 Å². The number of methoxy groups -OCH3 is 2. The van der Waals surface area contributed by atoms with E-state index in [1.807, 2.05) is 0 Å². The van der Waals surface area contributed by atoms with Crippen molar-refractivity contribution >= 4 is 43.9 Å². The molecule has 4 rings (SSSR count). The van der Waals surface area contributed by atoms with Crippen molar-refractivity contribution in [2.45, 2.75) is 67.4 Å². The van der Waals surface area contributed by atoms with Crippen LogP contribution in [-0.2, 0) is 10.0 Å². The maximum atomic E-state index is 16.0. The van der Waals surface area contributed by atoms with Gasteiger partial charge >= 0.3 is 35.8 Å². The van der Waals surface area contributed by atoms with E-state index in [4.69, 9.17) is 9.47 Å². The average molecular weight is 936 g/mol. The molecule has 20 heteroatoms. The zero-order valence-corrected chi connectivity index (χ0v) is 31.9. The maximum absolute atomic E-state index is 16.0. The summed E-state index contributed by atoms with van der Waals surface area (Å²) < 4.78 is 227. The lowest BCUT2D eigenvalue weighted by molar-refractivity contribution is -0.441. The van der Waals surface area contributed by atoms with E-state index in [2.05, 4.69) is 0 Å². The lowest BCUT2D eigenvalue weighted by atomic mass is 9.71. The van der Waals surface area contributed by atoms with Crippen LogP contribution in [0.4, 0.5) is 62.8 Å². The molecule has 0 amide bonds. The molecule has 0 aliphatic carbocycles. The highest BCUT2D eigenvalue weighted by atomic mass is 127. The van der Waals surface area contributed by atoms with E-state index in [0.29, 0.717) is 9.87 Å². The van der Waals surface area contributed by atoms with Gasteiger partial charge in [-0.3, -0.25) is 4.31 Å². The molecule has 0 spiro atoms. The van der Waals surface area contributed by atoms with E-state index in [9.17, 15) is 47.9 Å². The second-order valence-electron chi connectivity index (χ2n) is 13.0. The standard InChI is InChI=1S/C35H31F13INO4S/c1-20-5-12-24(13-6-20)55(51,52)50-19-29(2,18-30(36,37)31(38,39)32(40,41)33(42,43)34(44,45)35(46,47)48)26(15-16-49)28(21-7-9-22(53-3)10-8-21)25-17-23(54-4)11-14-27(25)50/h5-14,17H,15-16,18-19H2,1-4H3. The minimum absolute atomic E-state index is 0.0413. The van der Waals surface area contributed by atoms with Crippen molar-refractivity contribution < 1.29 is 75.0 Å². The first kappa shape index (κ1) is 44.3. The van der Waals surface area contributed by atoms with E-state index in [-0.39, 0.29) is 50.3 Å². The molecule has 0 saturated carbocycles. The molecule has 0 N–H and O–H groups in total. The van der Waals surface area contributed by atoms with Crippen molar-refractivity contribution in [2.75, 3.05) is 29.5 Å². The molecule has 1 aliphatic heterocycles. The van der Waals surface area contributed by atoms with Crippen LogP contribution in [0.2, 0.25) is 0 Å². The summed E-state index contributed by atoms with van der Waals surface area (Å²) in [7, 11) is -2.39. The molecule has 55 heavy (non-hydrogen) atoms. The van der Waals surface area contributed by atoms with Gasteiger partial charge in [0.2, 0.25) is 0 Å². The Kier molecular flexibility index (Phi) is 11.9. The zero-order valence-electron chi connectivity index (χ0n) is 29.0. The molecule has 3 aromatic carbocycles. The fourth-order valence-electron chi connectivity index (χ4n) is 6.25. The normalized spacial score (nSPS) is 17.9. The van der Waals surface area contributed by atoms with Gasteiger partial charge in [-0.25, -0.2) is 8.42 Å². The van der Waals surface area contributed by atoms with Crippen molar-refractivity contribution in [1.29, 1.82) is 0 Å². The Morgan fingerprint density at radius 2 is 1.24 bits per heavy atom. The molecule has 1 heterocycles. The number of fused-ring (bicyclic) bond motifs is 1. The summed E-state index contributed by atoms with van der Waals surface area (Å²) in [5.74, 6) is -37.8. The molecule has 0 aromatic heterocycles. The van der Waals surface area contributed by atoms with E-state index in [1.54, 1.807) is 29.5 Å². The average Bonchev–Trinajstić information content (AvgIpc) is 3.19. The Hall–Kier alpha value is -3.43. The van der Waals surface area contributed by atoms with E-state index in [1.165, 1.54) is 68.8 Å². The lowest BCUT2D eigenvalue weighted by Gasteiger charge is -2.43. The van der Waals surface area contributed by atoms with E-state index in [0.717, 1.165) is 19.1 Å². The Balaban J connectivity index is 2.10. The van der Waals surface area contributed by atoms with Crippen LogP contribution in [-0.4, -0.2) is 69.4 Å². The number of alkyl halides is 14. The van der Waals surface area contributed by atoms with Crippen molar-refractivity contribution in [3.8, 4) is 11.5 Å². The monoisotopic (exact) mass is 935 g/mol. The second kappa shape index (κ2) is 14.8. The van der Waals surface area contributed by atoms with Crippen molar-refractivity contribution in [3.05, 3.63) is 89.0 Å². The lowest BCUT2D eigenvalue weighted by Crippen LogP contribution is -2.70. The molecule has 3 aromatic rings. The molecule has 0 saturated heterocycles. The van der Waals surface area contributed by atoms with E-state index >= 15 is 17.6 Å². The number of halogens is 14. The number of ether oxygens (including phenoxy) is 2. The quantitative estimate of drug-likeness (QED) is 0.0973. The van der Waals surface area contributed by atoms with Gasteiger partial charge in [0.1, 0.15) is 11.5 Å². The number of sulfonamides is 1. The summed E-state index contributed by atoms with van der Waals surface area (Å²) in [6, 6.07) is 14.3. The molecule has 1 aliphatic rings. The molecule has 1 atom stereocenters. The number of hydrogen-bond donors (Lipinski definition) is 0. The summed E-state index contributed by atoms with van der Waals surface area (Å²) in [4.78, 5) is -0.455. The number of rotatable bonds is 13. The number of hydrogen-bond acceptors (Lipinski definition) is 4. The fraction of sp³-hybridized carbons (Fsp3) is 0.429. The SMILES string of the molecule is COc1ccc(C2=C(CCI)C(C)(CC(F)(F)C(F)(F)C(F)(F)C(F)(F)C(F)(F)C(F)(F)F)CN(S(=O)(=O)c3ccc(C)cc3)c3ccc(OC)cc32)cc1. The van der Waals surface area contributed by atoms with Crippen molar-refractivity contribution in [1.82, 2.24) is 0 Å². The molecular formula is C35H31F13INO4S. The van der Waals surface area contributed by atoms with Crippen molar-refractivity contribution in [2.24, 2.45) is 5.41 Å². The summed E-state index contributed by atoms with van der Waals surface area (Å²) in [5, 5.41) is 0. The number of nitrogens with zero attached hydrogens (tertiary/aromatic N) is 1. The number of aryl methyl sites for hydroxylation is 1. The highest BCUT2D eigenvalue weighted by Crippen LogP contribution is 2.63. The van der Waals surface area contributed by atoms with Crippen LogP contribution in [0, 0.1) is 12.3 Å². The Morgan fingerprint density at radius 3 is 1.73 bits per heavy atom. The molecule has 304 valence electrons. The van der Waals surface area contributed by atoms with Gasteiger partial charge in [0.15, 0.2) is 0 Å². The Morgan fingerprint density at radius 1 is 0.727 bits per heavy atom. The van der Waals surface area contributed by atoms with Crippen LogP contribution < -0.4 is 13.8 Å². The summed E-state index contributed by atoms with van der Waals surface area (Å²) in [5.41, 5.74) is -2.87. The van der Waals surface area contributed by atoms with Gasteiger partial charge in [0.05, 0.1) is 24.8 Å². The zero-order chi connectivity index (χ0) is 41.8. The Bertz CT molecular complexity index is 2020. The highest BCUT2D eigenvalue weighted by Gasteiger charge is 2.90. The van der Waals surface area contributed by atoms with Gasteiger partial charge in [0.25, 0.3) is 10.0 Å². The minimum Gasteiger partial charge on any atom is -0.497 e. The predicted octanol–water partition coefficient (Wildman–Crippen LogP) is 11.0. The summed E-state index contributed by atoms with van der Waals surface area (Å²) >= 11 is 1.74. The molecule has 0 bridgehead atoms. The van der Waals surface area contributed by atoms with Crippen LogP contribution in [0.3, 0.4) is 0 Å².